The largest absolute Gasteiger partial charge is 0.467 e. The molecule has 24 heavy (non-hydrogen) atoms. The van der Waals surface area contributed by atoms with Gasteiger partial charge in [0.15, 0.2) is 6.79 Å². The van der Waals surface area contributed by atoms with Crippen molar-refractivity contribution in [2.75, 3.05) is 19.9 Å². The Morgan fingerprint density at radius 2 is 2.00 bits per heavy atom. The van der Waals surface area contributed by atoms with Crippen LogP contribution in [0.2, 0.25) is 0 Å². The lowest BCUT2D eigenvalue weighted by molar-refractivity contribution is -0.0172. The summed E-state index contributed by atoms with van der Waals surface area (Å²) in [6, 6.07) is 13.6. The molecular weight excluding hydrogens is 305 g/mol. The van der Waals surface area contributed by atoms with E-state index in [9.17, 15) is 4.39 Å². The maximum Gasteiger partial charge on any atom is 0.189 e. The summed E-state index contributed by atoms with van der Waals surface area (Å²) in [5.41, 5.74) is 3.08. The summed E-state index contributed by atoms with van der Waals surface area (Å²) < 4.78 is 24.5. The Morgan fingerprint density at radius 3 is 2.83 bits per heavy atom. The van der Waals surface area contributed by atoms with Gasteiger partial charge in [0, 0.05) is 5.56 Å². The molecule has 1 N–H and O–H groups in total. The third-order valence-electron chi connectivity index (χ3n) is 4.45. The molecule has 0 radical (unpaired) electrons. The first kappa shape index (κ1) is 16.9. The number of hydrogen-bond acceptors (Lipinski definition) is 3. The van der Waals surface area contributed by atoms with E-state index in [4.69, 9.17) is 9.47 Å². The first-order valence-corrected chi connectivity index (χ1v) is 8.51. The van der Waals surface area contributed by atoms with Gasteiger partial charge in [0.1, 0.15) is 11.6 Å². The maximum absolute atomic E-state index is 13.7. The summed E-state index contributed by atoms with van der Waals surface area (Å²) in [6.07, 6.45) is 1.83. The molecule has 0 saturated carbocycles. The Bertz CT molecular complexity index is 660. The van der Waals surface area contributed by atoms with Gasteiger partial charge in [-0.25, -0.2) is 4.39 Å². The van der Waals surface area contributed by atoms with Gasteiger partial charge < -0.3 is 14.8 Å². The molecule has 0 aromatic heterocycles. The van der Waals surface area contributed by atoms with Crippen molar-refractivity contribution < 1.29 is 13.9 Å². The maximum atomic E-state index is 13.7. The van der Waals surface area contributed by atoms with Gasteiger partial charge in [0.2, 0.25) is 0 Å². The lowest BCUT2D eigenvalue weighted by atomic mass is 9.98. The molecule has 0 spiro atoms. The minimum absolute atomic E-state index is 0.226. The van der Waals surface area contributed by atoms with E-state index in [1.807, 2.05) is 6.07 Å². The molecular formula is C20H24FNO2. The molecule has 1 aliphatic rings. The summed E-state index contributed by atoms with van der Waals surface area (Å²) >= 11 is 0. The highest BCUT2D eigenvalue weighted by Crippen LogP contribution is 2.29. The summed E-state index contributed by atoms with van der Waals surface area (Å²) in [5, 5.41) is 3.45. The molecule has 0 bridgehead atoms. The van der Waals surface area contributed by atoms with Crippen molar-refractivity contribution in [2.45, 2.75) is 32.3 Å². The zero-order chi connectivity index (χ0) is 16.8. The van der Waals surface area contributed by atoms with Crippen LogP contribution in [0.4, 0.5) is 4.39 Å². The fraction of sp³-hybridized carbons (Fsp3) is 0.400. The molecule has 2 aromatic rings. The minimum atomic E-state index is -0.226. The van der Waals surface area contributed by atoms with Gasteiger partial charge in [-0.1, -0.05) is 37.3 Å². The summed E-state index contributed by atoms with van der Waals surface area (Å²) in [7, 11) is 0. The predicted molar refractivity (Wildman–Crippen MR) is 92.7 cm³/mol. The van der Waals surface area contributed by atoms with Crippen LogP contribution >= 0.6 is 0 Å². The molecule has 1 aliphatic heterocycles. The Balaban J connectivity index is 1.46. The SMILES string of the molecule is CC(CCNCCc1cc(F)cc2c1OCOC2)c1ccccc1. The lowest BCUT2D eigenvalue weighted by Crippen LogP contribution is -2.21. The molecule has 1 unspecified atom stereocenters. The van der Waals surface area contributed by atoms with Gasteiger partial charge >= 0.3 is 0 Å². The fourth-order valence-electron chi connectivity index (χ4n) is 3.06. The summed E-state index contributed by atoms with van der Waals surface area (Å²) in [6.45, 7) is 4.66. The van der Waals surface area contributed by atoms with Crippen LogP contribution in [0.15, 0.2) is 42.5 Å². The zero-order valence-electron chi connectivity index (χ0n) is 14.1. The zero-order valence-corrected chi connectivity index (χ0v) is 14.1. The number of halogens is 1. The van der Waals surface area contributed by atoms with Crippen molar-refractivity contribution in [3.63, 3.8) is 0 Å². The van der Waals surface area contributed by atoms with Crippen LogP contribution in [0.3, 0.4) is 0 Å². The summed E-state index contributed by atoms with van der Waals surface area (Å²) in [5.74, 6) is 1.10. The quantitative estimate of drug-likeness (QED) is 0.778. The number of rotatable bonds is 7. The third kappa shape index (κ3) is 4.34. The van der Waals surface area contributed by atoms with E-state index in [-0.39, 0.29) is 12.6 Å². The van der Waals surface area contributed by atoms with Crippen LogP contribution in [0.1, 0.15) is 36.0 Å². The number of benzene rings is 2. The van der Waals surface area contributed by atoms with Crippen LogP contribution in [0, 0.1) is 5.82 Å². The average molecular weight is 329 g/mol. The van der Waals surface area contributed by atoms with Crippen molar-refractivity contribution in [1.82, 2.24) is 5.32 Å². The molecule has 3 nitrogen and oxygen atoms in total. The van der Waals surface area contributed by atoms with E-state index in [0.29, 0.717) is 12.5 Å². The summed E-state index contributed by atoms with van der Waals surface area (Å²) in [4.78, 5) is 0. The fourth-order valence-corrected chi connectivity index (χ4v) is 3.06. The molecule has 128 valence electrons. The molecule has 0 fully saturated rings. The van der Waals surface area contributed by atoms with E-state index in [1.54, 1.807) is 6.07 Å². The molecule has 0 aliphatic carbocycles. The van der Waals surface area contributed by atoms with E-state index in [1.165, 1.54) is 11.6 Å². The number of hydrogen-bond donors (Lipinski definition) is 1. The van der Waals surface area contributed by atoms with Crippen molar-refractivity contribution in [3.05, 3.63) is 65.0 Å². The molecule has 1 heterocycles. The van der Waals surface area contributed by atoms with Crippen LogP contribution in [-0.4, -0.2) is 19.9 Å². The van der Waals surface area contributed by atoms with Gasteiger partial charge in [-0.05, 0) is 55.1 Å². The number of ether oxygens (including phenoxy) is 2. The van der Waals surface area contributed by atoms with Gasteiger partial charge in [0.25, 0.3) is 0 Å². The van der Waals surface area contributed by atoms with Gasteiger partial charge in [-0.15, -0.1) is 0 Å². The second-order valence-electron chi connectivity index (χ2n) is 6.26. The van der Waals surface area contributed by atoms with Gasteiger partial charge in [0.05, 0.1) is 6.61 Å². The number of fused-ring (bicyclic) bond motifs is 1. The van der Waals surface area contributed by atoms with Crippen molar-refractivity contribution >= 4 is 0 Å². The lowest BCUT2D eigenvalue weighted by Gasteiger charge is -2.21. The Labute approximate surface area is 142 Å². The first-order chi connectivity index (χ1) is 11.7. The van der Waals surface area contributed by atoms with E-state index >= 15 is 0 Å². The van der Waals surface area contributed by atoms with Crippen LogP contribution in [0.5, 0.6) is 5.75 Å². The van der Waals surface area contributed by atoms with E-state index in [2.05, 4.69) is 36.5 Å². The Hall–Kier alpha value is -1.91. The number of nitrogens with one attached hydrogen (secondary N) is 1. The van der Waals surface area contributed by atoms with Crippen LogP contribution in [-0.2, 0) is 17.8 Å². The monoisotopic (exact) mass is 329 g/mol. The Morgan fingerprint density at radius 1 is 1.17 bits per heavy atom. The first-order valence-electron chi connectivity index (χ1n) is 8.51. The Kier molecular flexibility index (Phi) is 5.83. The van der Waals surface area contributed by atoms with Crippen molar-refractivity contribution in [2.24, 2.45) is 0 Å². The second-order valence-corrected chi connectivity index (χ2v) is 6.26. The normalized spacial score (nSPS) is 14.8. The van der Waals surface area contributed by atoms with E-state index in [0.717, 1.165) is 42.8 Å². The highest BCUT2D eigenvalue weighted by atomic mass is 19.1. The van der Waals surface area contributed by atoms with Crippen molar-refractivity contribution in [1.29, 1.82) is 0 Å². The third-order valence-corrected chi connectivity index (χ3v) is 4.45. The molecule has 1 atom stereocenters. The highest BCUT2D eigenvalue weighted by molar-refractivity contribution is 5.42. The second kappa shape index (κ2) is 8.27. The topological polar surface area (TPSA) is 30.5 Å². The van der Waals surface area contributed by atoms with Gasteiger partial charge in [-0.2, -0.15) is 0 Å². The predicted octanol–water partition coefficient (Wildman–Crippen LogP) is 4.02. The molecule has 2 aromatic carbocycles. The van der Waals surface area contributed by atoms with Gasteiger partial charge in [-0.3, -0.25) is 0 Å². The molecule has 0 saturated heterocycles. The molecule has 0 amide bonds. The smallest absolute Gasteiger partial charge is 0.189 e. The molecule has 3 rings (SSSR count). The van der Waals surface area contributed by atoms with E-state index < -0.39 is 0 Å². The average Bonchev–Trinajstić information content (AvgIpc) is 2.61. The minimum Gasteiger partial charge on any atom is -0.467 e. The molecule has 4 heteroatoms. The van der Waals surface area contributed by atoms with Crippen LogP contribution in [0.25, 0.3) is 0 Å². The van der Waals surface area contributed by atoms with Crippen LogP contribution < -0.4 is 10.1 Å². The van der Waals surface area contributed by atoms with Crippen molar-refractivity contribution in [3.8, 4) is 5.75 Å². The standard InChI is InChI=1S/C20H24FNO2/c1-15(16-5-3-2-4-6-16)7-9-22-10-8-17-11-19(21)12-18-13-23-14-24-20(17)18/h2-6,11-12,15,22H,7-10,13-14H2,1H3. The highest BCUT2D eigenvalue weighted by Gasteiger charge is 2.16.